The molecule has 0 saturated heterocycles. The molecule has 41 heavy (non-hydrogen) atoms. The molecule has 11 heteroatoms. The molecule has 5 rings (SSSR count). The van der Waals surface area contributed by atoms with Crippen LogP contribution in [0, 0.1) is 0 Å². The molecule has 0 amide bonds. The molecule has 1 aliphatic heterocycles. The van der Waals surface area contributed by atoms with Gasteiger partial charge in [-0.3, -0.25) is 9.59 Å². The van der Waals surface area contributed by atoms with Crippen LogP contribution in [-0.4, -0.2) is 51.2 Å². The van der Waals surface area contributed by atoms with E-state index < -0.39 is 12.0 Å². The van der Waals surface area contributed by atoms with Gasteiger partial charge in [0.05, 0.1) is 18.8 Å². The van der Waals surface area contributed by atoms with Gasteiger partial charge in [-0.15, -0.1) is 0 Å². The van der Waals surface area contributed by atoms with Crippen LogP contribution < -0.4 is 20.5 Å². The van der Waals surface area contributed by atoms with Gasteiger partial charge in [-0.1, -0.05) is 36.4 Å². The highest BCUT2D eigenvalue weighted by Gasteiger charge is 2.32. The first-order valence-electron chi connectivity index (χ1n) is 12.9. The van der Waals surface area contributed by atoms with Crippen molar-refractivity contribution in [2.24, 2.45) is 0 Å². The predicted octanol–water partition coefficient (Wildman–Crippen LogP) is 4.95. The third-order valence-electron chi connectivity index (χ3n) is 6.85. The molecule has 4 aromatic rings. The number of nitrogen functional groups attached to an aromatic ring is 1. The highest BCUT2D eigenvalue weighted by atomic mass is 35.5. The SMILES string of the molecule is C=CC(=O)C1NCCC=C1c1c(CCC(=O)O)c(-c2ccc(Oc3cccc(Cl)c3)c(OC)c2)c2c(N)ncnn12. The van der Waals surface area contributed by atoms with Crippen molar-refractivity contribution >= 4 is 40.3 Å². The molecule has 0 bridgehead atoms. The highest BCUT2D eigenvalue weighted by molar-refractivity contribution is 6.30. The number of benzene rings is 2. The Balaban J connectivity index is 1.74. The van der Waals surface area contributed by atoms with Crippen LogP contribution in [0.5, 0.6) is 17.2 Å². The second-order valence-electron chi connectivity index (χ2n) is 9.37. The number of nitrogens with zero attached hydrogens (tertiary/aromatic N) is 3. The molecule has 3 heterocycles. The summed E-state index contributed by atoms with van der Waals surface area (Å²) in [5, 5.41) is 17.9. The van der Waals surface area contributed by atoms with E-state index in [0.29, 0.717) is 68.7 Å². The molecule has 210 valence electrons. The van der Waals surface area contributed by atoms with E-state index in [-0.39, 0.29) is 24.4 Å². The van der Waals surface area contributed by atoms with Gasteiger partial charge in [-0.25, -0.2) is 9.50 Å². The van der Waals surface area contributed by atoms with Crippen molar-refractivity contribution in [3.05, 3.63) is 83.8 Å². The third-order valence-corrected chi connectivity index (χ3v) is 7.08. The maximum absolute atomic E-state index is 12.9. The standard InChI is InChI=1S/C30H28ClN5O5/c1-3-22(37)27-21(8-5-13-33-27)28-20(10-12-25(38)39)26(29-30(32)34-16-35-36(28)29)17-9-11-23(24(14-17)40-2)41-19-7-4-6-18(31)15-19/h3-4,6-9,11,14-16,27,33H,1,5,10,12-13H2,2H3,(H,38,39)(H2,32,34,35). The zero-order valence-corrected chi connectivity index (χ0v) is 23.0. The first-order chi connectivity index (χ1) is 19.8. The number of aliphatic carboxylic acids is 1. The molecule has 1 atom stereocenters. The van der Waals surface area contributed by atoms with E-state index in [1.165, 1.54) is 19.5 Å². The molecule has 2 aromatic heterocycles. The minimum absolute atomic E-state index is 0.151. The molecule has 0 aliphatic carbocycles. The van der Waals surface area contributed by atoms with E-state index in [1.807, 2.05) is 12.1 Å². The molecule has 0 spiro atoms. The molecule has 0 fully saturated rings. The van der Waals surface area contributed by atoms with Gasteiger partial charge < -0.3 is 25.6 Å². The summed E-state index contributed by atoms with van der Waals surface area (Å²) in [5.41, 5.74) is 10.2. The number of carbonyl (C=O) groups excluding carboxylic acids is 1. The van der Waals surface area contributed by atoms with Gasteiger partial charge in [0.2, 0.25) is 0 Å². The van der Waals surface area contributed by atoms with Crippen LogP contribution in [0.3, 0.4) is 0 Å². The Morgan fingerprint density at radius 3 is 2.83 bits per heavy atom. The lowest BCUT2D eigenvalue weighted by Gasteiger charge is -2.24. The summed E-state index contributed by atoms with van der Waals surface area (Å²) in [5.74, 6) is 0.452. The lowest BCUT2D eigenvalue weighted by molar-refractivity contribution is -0.137. The fourth-order valence-corrected chi connectivity index (χ4v) is 5.28. The van der Waals surface area contributed by atoms with Crippen molar-refractivity contribution < 1.29 is 24.2 Å². The molecule has 4 N–H and O–H groups in total. The van der Waals surface area contributed by atoms with Crippen molar-refractivity contribution in [1.29, 1.82) is 0 Å². The number of rotatable bonds is 10. The summed E-state index contributed by atoms with van der Waals surface area (Å²) in [6.07, 6.45) is 5.24. The van der Waals surface area contributed by atoms with E-state index in [0.717, 1.165) is 0 Å². The van der Waals surface area contributed by atoms with Gasteiger partial charge in [-0.2, -0.15) is 5.10 Å². The summed E-state index contributed by atoms with van der Waals surface area (Å²) in [6.45, 7) is 4.27. The Morgan fingerprint density at radius 2 is 2.10 bits per heavy atom. The Morgan fingerprint density at radius 1 is 1.27 bits per heavy atom. The Bertz CT molecular complexity index is 1700. The second kappa shape index (κ2) is 11.8. The molecule has 0 saturated carbocycles. The van der Waals surface area contributed by atoms with Gasteiger partial charge in [0, 0.05) is 17.0 Å². The van der Waals surface area contributed by atoms with E-state index in [9.17, 15) is 14.7 Å². The number of hydrogen-bond acceptors (Lipinski definition) is 8. The molecular formula is C30H28ClN5O5. The first-order valence-corrected chi connectivity index (χ1v) is 13.3. The Labute approximate surface area is 241 Å². The van der Waals surface area contributed by atoms with Crippen LogP contribution in [-0.2, 0) is 16.0 Å². The monoisotopic (exact) mass is 573 g/mol. The van der Waals surface area contributed by atoms with Gasteiger partial charge in [0.25, 0.3) is 0 Å². The first kappa shape index (κ1) is 27.9. The van der Waals surface area contributed by atoms with Crippen molar-refractivity contribution in [3.8, 4) is 28.4 Å². The number of carbonyl (C=O) groups is 2. The molecule has 2 aromatic carbocycles. The van der Waals surface area contributed by atoms with Gasteiger partial charge in [-0.05, 0) is 72.5 Å². The number of nitrogens with one attached hydrogen (secondary N) is 1. The summed E-state index contributed by atoms with van der Waals surface area (Å²) in [7, 11) is 1.53. The molecule has 10 nitrogen and oxygen atoms in total. The molecule has 1 unspecified atom stereocenters. The highest BCUT2D eigenvalue weighted by Crippen LogP contribution is 2.43. The van der Waals surface area contributed by atoms with E-state index >= 15 is 0 Å². The largest absolute Gasteiger partial charge is 0.493 e. The van der Waals surface area contributed by atoms with Crippen LogP contribution in [0.1, 0.15) is 24.1 Å². The molecule has 1 aliphatic rings. The van der Waals surface area contributed by atoms with Crippen molar-refractivity contribution in [2.75, 3.05) is 19.4 Å². The zero-order valence-electron chi connectivity index (χ0n) is 22.3. The minimum Gasteiger partial charge on any atom is -0.493 e. The fraction of sp³-hybridized carbons (Fsp3) is 0.200. The van der Waals surface area contributed by atoms with E-state index in [2.05, 4.69) is 22.0 Å². The number of fused-ring (bicyclic) bond motifs is 1. The fourth-order valence-electron chi connectivity index (χ4n) is 5.10. The second-order valence-corrected chi connectivity index (χ2v) is 9.80. The van der Waals surface area contributed by atoms with Crippen LogP contribution in [0.4, 0.5) is 5.82 Å². The Kier molecular flexibility index (Phi) is 8.04. The maximum atomic E-state index is 12.9. The van der Waals surface area contributed by atoms with Crippen LogP contribution in [0.15, 0.2) is 67.5 Å². The number of carboxylic acid groups (broad SMARTS) is 1. The minimum atomic E-state index is -0.964. The average Bonchev–Trinajstić information content (AvgIpc) is 3.31. The normalized spacial score (nSPS) is 14.9. The number of halogens is 1. The summed E-state index contributed by atoms with van der Waals surface area (Å²) in [6, 6.07) is 11.7. The topological polar surface area (TPSA) is 141 Å². The Hall–Kier alpha value is -4.67. The maximum Gasteiger partial charge on any atom is 0.303 e. The van der Waals surface area contributed by atoms with Gasteiger partial charge >= 0.3 is 5.97 Å². The summed E-state index contributed by atoms with van der Waals surface area (Å²) in [4.78, 5) is 28.9. The number of methoxy groups -OCH3 is 1. The predicted molar refractivity (Wildman–Crippen MR) is 156 cm³/mol. The number of hydrogen-bond donors (Lipinski definition) is 3. The van der Waals surface area contributed by atoms with Gasteiger partial charge in [0.1, 0.15) is 17.6 Å². The summed E-state index contributed by atoms with van der Waals surface area (Å²) >= 11 is 6.12. The number of ether oxygens (including phenoxy) is 2. The van der Waals surface area contributed by atoms with Crippen LogP contribution in [0.2, 0.25) is 5.02 Å². The smallest absolute Gasteiger partial charge is 0.303 e. The van der Waals surface area contributed by atoms with Crippen LogP contribution >= 0.6 is 11.6 Å². The quantitative estimate of drug-likeness (QED) is 0.225. The van der Waals surface area contributed by atoms with Crippen molar-refractivity contribution in [3.63, 3.8) is 0 Å². The van der Waals surface area contributed by atoms with Crippen molar-refractivity contribution in [2.45, 2.75) is 25.3 Å². The third kappa shape index (κ3) is 5.52. The lowest BCUT2D eigenvalue weighted by Crippen LogP contribution is -2.40. The van der Waals surface area contributed by atoms with Crippen molar-refractivity contribution in [1.82, 2.24) is 19.9 Å². The van der Waals surface area contributed by atoms with Gasteiger partial charge in [0.15, 0.2) is 23.1 Å². The number of ketones is 1. The molecule has 0 radical (unpaired) electrons. The molecular weight excluding hydrogens is 546 g/mol. The number of nitrogens with two attached hydrogens (primary N) is 1. The number of carboxylic acids is 1. The number of anilines is 1. The summed E-state index contributed by atoms with van der Waals surface area (Å²) < 4.78 is 13.4. The average molecular weight is 574 g/mol. The van der Waals surface area contributed by atoms with E-state index in [1.54, 1.807) is 40.9 Å². The number of aromatic nitrogens is 3. The van der Waals surface area contributed by atoms with Crippen LogP contribution in [0.25, 0.3) is 22.2 Å². The zero-order chi connectivity index (χ0) is 29.1. The van der Waals surface area contributed by atoms with E-state index in [4.69, 9.17) is 26.8 Å². The lowest BCUT2D eigenvalue weighted by atomic mass is 9.89.